The molecule has 31 heavy (non-hydrogen) atoms. The summed E-state index contributed by atoms with van der Waals surface area (Å²) >= 11 is 6.27. The van der Waals surface area contributed by atoms with Crippen LogP contribution < -0.4 is 4.74 Å². The van der Waals surface area contributed by atoms with Gasteiger partial charge in [-0.05, 0) is 63.6 Å². The summed E-state index contributed by atoms with van der Waals surface area (Å²) in [6.45, 7) is 8.88. The third-order valence-corrected chi connectivity index (χ3v) is 7.77. The zero-order valence-electron chi connectivity index (χ0n) is 18.4. The minimum Gasteiger partial charge on any atom is -0.487 e. The van der Waals surface area contributed by atoms with Crippen molar-refractivity contribution >= 4 is 17.5 Å². The Labute approximate surface area is 188 Å². The zero-order chi connectivity index (χ0) is 21.8. The van der Waals surface area contributed by atoms with Crippen LogP contribution in [0.25, 0.3) is 0 Å². The van der Waals surface area contributed by atoms with E-state index in [1.165, 1.54) is 0 Å². The van der Waals surface area contributed by atoms with Crippen LogP contribution in [0.5, 0.6) is 5.75 Å². The number of likely N-dealkylation sites (tertiary alicyclic amines) is 1. The smallest absolute Gasteiger partial charge is 0.242 e. The van der Waals surface area contributed by atoms with Crippen LogP contribution in [-0.2, 0) is 16.1 Å². The van der Waals surface area contributed by atoms with Crippen molar-refractivity contribution in [2.24, 2.45) is 11.3 Å². The Morgan fingerprint density at radius 2 is 2.06 bits per heavy atom. The number of hydrogen-bond acceptors (Lipinski definition) is 4. The maximum absolute atomic E-state index is 12.8. The maximum atomic E-state index is 12.8. The molecule has 2 aromatic rings. The number of carbonyl (C=O) groups excluding carboxylic acids is 1. The SMILES string of the molecule is Cc1nccn1CC(=O)N1CCC2(CC1)COC1c3cc(Cl)ccc3OC(C)(C)C1C2. The number of amides is 1. The van der Waals surface area contributed by atoms with E-state index in [1.807, 2.05) is 40.8 Å². The lowest BCUT2D eigenvalue weighted by Gasteiger charge is -2.54. The number of aromatic nitrogens is 2. The van der Waals surface area contributed by atoms with Crippen LogP contribution in [0.15, 0.2) is 30.6 Å². The van der Waals surface area contributed by atoms with Crippen molar-refractivity contribution < 1.29 is 14.3 Å². The lowest BCUT2D eigenvalue weighted by Crippen LogP contribution is -2.54. The Balaban J connectivity index is 1.28. The Bertz CT molecular complexity index is 994. The van der Waals surface area contributed by atoms with E-state index in [4.69, 9.17) is 21.1 Å². The van der Waals surface area contributed by atoms with Gasteiger partial charge in [-0.3, -0.25) is 4.79 Å². The quantitative estimate of drug-likeness (QED) is 0.690. The molecule has 4 heterocycles. The highest BCUT2D eigenvalue weighted by molar-refractivity contribution is 6.30. The number of nitrogens with zero attached hydrogens (tertiary/aromatic N) is 3. The number of piperidine rings is 1. The van der Waals surface area contributed by atoms with E-state index in [1.54, 1.807) is 6.20 Å². The standard InChI is InChI=1S/C24H30ClN3O3/c1-16-26-8-11-28(16)14-21(29)27-9-6-24(7-10-27)13-19-22(30-15-24)18-12-17(25)4-5-20(18)31-23(19,2)3/h4-5,8,11-12,19,22H,6-7,9-10,13-15H2,1-3H3. The van der Waals surface area contributed by atoms with E-state index < -0.39 is 0 Å². The molecule has 7 heteroatoms. The highest BCUT2D eigenvalue weighted by atomic mass is 35.5. The molecule has 0 saturated carbocycles. The van der Waals surface area contributed by atoms with Crippen LogP contribution in [0.3, 0.4) is 0 Å². The second-order valence-electron chi connectivity index (χ2n) is 9.91. The Morgan fingerprint density at radius 1 is 1.29 bits per heavy atom. The molecule has 6 nitrogen and oxygen atoms in total. The summed E-state index contributed by atoms with van der Waals surface area (Å²) in [6, 6.07) is 5.82. The zero-order valence-corrected chi connectivity index (χ0v) is 19.2. The van der Waals surface area contributed by atoms with E-state index in [-0.39, 0.29) is 28.9 Å². The minimum absolute atomic E-state index is 0.00644. The van der Waals surface area contributed by atoms with Crippen LogP contribution in [0.4, 0.5) is 0 Å². The highest BCUT2D eigenvalue weighted by Gasteiger charge is 2.52. The summed E-state index contributed by atoms with van der Waals surface area (Å²) in [4.78, 5) is 19.0. The molecule has 166 valence electrons. The summed E-state index contributed by atoms with van der Waals surface area (Å²) in [5, 5.41) is 0.713. The van der Waals surface area contributed by atoms with Crippen molar-refractivity contribution in [2.45, 2.75) is 58.3 Å². The van der Waals surface area contributed by atoms with Gasteiger partial charge in [-0.15, -0.1) is 0 Å². The van der Waals surface area contributed by atoms with Gasteiger partial charge in [0.1, 0.15) is 23.7 Å². The number of fused-ring (bicyclic) bond motifs is 3. The van der Waals surface area contributed by atoms with E-state index in [9.17, 15) is 4.79 Å². The first-order valence-electron chi connectivity index (χ1n) is 11.1. The van der Waals surface area contributed by atoms with Gasteiger partial charge in [0.25, 0.3) is 0 Å². The molecule has 1 aromatic heterocycles. The molecule has 0 aliphatic carbocycles. The molecule has 3 aliphatic rings. The fourth-order valence-electron chi connectivity index (χ4n) is 5.52. The van der Waals surface area contributed by atoms with Crippen LogP contribution in [0.1, 0.15) is 50.6 Å². The third-order valence-electron chi connectivity index (χ3n) is 7.54. The average Bonchev–Trinajstić information content (AvgIpc) is 3.14. The molecule has 2 fully saturated rings. The lowest BCUT2D eigenvalue weighted by atomic mass is 9.64. The molecule has 1 aromatic carbocycles. The molecule has 0 radical (unpaired) electrons. The fraction of sp³-hybridized carbons (Fsp3) is 0.583. The highest BCUT2D eigenvalue weighted by Crippen LogP contribution is 2.55. The number of ether oxygens (including phenoxy) is 2. The average molecular weight is 444 g/mol. The minimum atomic E-state index is -0.315. The number of hydrogen-bond donors (Lipinski definition) is 0. The van der Waals surface area contributed by atoms with Gasteiger partial charge in [0.2, 0.25) is 5.91 Å². The number of halogens is 1. The van der Waals surface area contributed by atoms with E-state index in [2.05, 4.69) is 18.8 Å². The van der Waals surface area contributed by atoms with E-state index >= 15 is 0 Å². The largest absolute Gasteiger partial charge is 0.487 e. The van der Waals surface area contributed by atoms with Gasteiger partial charge < -0.3 is 18.9 Å². The van der Waals surface area contributed by atoms with E-state index in [0.29, 0.717) is 11.6 Å². The first-order valence-corrected chi connectivity index (χ1v) is 11.5. The Hall–Kier alpha value is -2.05. The van der Waals surface area contributed by atoms with Crippen LogP contribution >= 0.6 is 11.6 Å². The predicted molar refractivity (Wildman–Crippen MR) is 118 cm³/mol. The van der Waals surface area contributed by atoms with Gasteiger partial charge in [0.05, 0.1) is 12.7 Å². The first kappa shape index (κ1) is 20.8. The van der Waals surface area contributed by atoms with Crippen LogP contribution in [-0.4, -0.2) is 45.7 Å². The molecule has 1 amide bonds. The van der Waals surface area contributed by atoms with Gasteiger partial charge >= 0.3 is 0 Å². The number of benzene rings is 1. The summed E-state index contributed by atoms with van der Waals surface area (Å²) in [5.41, 5.74) is 0.847. The fourth-order valence-corrected chi connectivity index (χ4v) is 5.70. The first-order chi connectivity index (χ1) is 14.8. The number of carbonyl (C=O) groups is 1. The molecular formula is C24H30ClN3O3. The van der Waals surface area contributed by atoms with Crippen LogP contribution in [0, 0.1) is 18.3 Å². The second kappa shape index (κ2) is 7.52. The molecule has 2 saturated heterocycles. The van der Waals surface area contributed by atoms with Crippen molar-refractivity contribution in [1.82, 2.24) is 14.5 Å². The molecule has 0 N–H and O–H groups in total. The Morgan fingerprint density at radius 3 is 2.77 bits per heavy atom. The molecule has 3 aliphatic heterocycles. The van der Waals surface area contributed by atoms with Crippen molar-refractivity contribution in [3.63, 3.8) is 0 Å². The molecule has 0 bridgehead atoms. The summed E-state index contributed by atoms with van der Waals surface area (Å²) in [6.07, 6.45) is 6.57. The third kappa shape index (κ3) is 3.74. The van der Waals surface area contributed by atoms with E-state index in [0.717, 1.165) is 56.1 Å². The summed E-state index contributed by atoms with van der Waals surface area (Å²) < 4.78 is 14.8. The lowest BCUT2D eigenvalue weighted by molar-refractivity contribution is -0.176. The number of aryl methyl sites for hydroxylation is 1. The summed E-state index contributed by atoms with van der Waals surface area (Å²) in [7, 11) is 0. The van der Waals surface area contributed by atoms with Crippen molar-refractivity contribution in [3.05, 3.63) is 47.0 Å². The van der Waals surface area contributed by atoms with Gasteiger partial charge in [-0.25, -0.2) is 4.98 Å². The van der Waals surface area contributed by atoms with Crippen molar-refractivity contribution in [3.8, 4) is 5.75 Å². The summed E-state index contributed by atoms with van der Waals surface area (Å²) in [5.74, 6) is 2.16. The maximum Gasteiger partial charge on any atom is 0.242 e. The van der Waals surface area contributed by atoms with Crippen LogP contribution in [0.2, 0.25) is 5.02 Å². The van der Waals surface area contributed by atoms with Gasteiger partial charge in [0.15, 0.2) is 0 Å². The second-order valence-corrected chi connectivity index (χ2v) is 10.3. The molecule has 5 rings (SSSR count). The topological polar surface area (TPSA) is 56.6 Å². The monoisotopic (exact) mass is 443 g/mol. The molecule has 2 atom stereocenters. The number of imidazole rings is 1. The molecule has 1 spiro atoms. The Kier molecular flexibility index (Phi) is 5.05. The van der Waals surface area contributed by atoms with Crippen molar-refractivity contribution in [1.29, 1.82) is 0 Å². The number of rotatable bonds is 2. The molecule has 2 unspecified atom stereocenters. The normalized spacial score (nSPS) is 26.1. The van der Waals surface area contributed by atoms with Gasteiger partial charge in [-0.1, -0.05) is 11.6 Å². The van der Waals surface area contributed by atoms with Gasteiger partial charge in [0, 0.05) is 42.0 Å². The van der Waals surface area contributed by atoms with Gasteiger partial charge in [-0.2, -0.15) is 0 Å². The van der Waals surface area contributed by atoms with Crippen molar-refractivity contribution in [2.75, 3.05) is 19.7 Å². The predicted octanol–water partition coefficient (Wildman–Crippen LogP) is 4.40. The molecular weight excluding hydrogens is 414 g/mol.